The van der Waals surface area contributed by atoms with Crippen molar-refractivity contribution >= 4 is 0 Å². The molecule has 3 N–H and O–H groups in total. The van der Waals surface area contributed by atoms with Gasteiger partial charge in [0, 0.05) is 6.20 Å². The third-order valence-electron chi connectivity index (χ3n) is 3.06. The van der Waals surface area contributed by atoms with Gasteiger partial charge in [-0.1, -0.05) is 0 Å². The molecular weight excluding hydrogens is 266 g/mol. The van der Waals surface area contributed by atoms with Crippen LogP contribution >= 0.6 is 0 Å². The Morgan fingerprint density at radius 2 is 1.90 bits per heavy atom. The van der Waals surface area contributed by atoms with Crippen LogP contribution in [0.25, 0.3) is 0 Å². The highest BCUT2D eigenvalue weighted by molar-refractivity contribution is 5.36. The first-order chi connectivity index (χ1) is 10.0. The van der Waals surface area contributed by atoms with E-state index >= 15 is 0 Å². The standard InChI is InChI=1S/C15H21N5O/c1-9(2)21-13-6-12(7-17-8-13)15(18-16)14-5-10(3)19-20-11(14)4/h5-9,15,18H,16H2,1-4H3. The van der Waals surface area contributed by atoms with Crippen molar-refractivity contribution in [2.75, 3.05) is 0 Å². The highest BCUT2D eigenvalue weighted by Gasteiger charge is 2.17. The number of hydrogen-bond acceptors (Lipinski definition) is 6. The lowest BCUT2D eigenvalue weighted by molar-refractivity contribution is 0.241. The molecule has 0 saturated heterocycles. The molecule has 0 aliphatic carbocycles. The predicted octanol–water partition coefficient (Wildman–Crippen LogP) is 1.83. The molecule has 6 nitrogen and oxygen atoms in total. The molecule has 0 fully saturated rings. The quantitative estimate of drug-likeness (QED) is 0.644. The van der Waals surface area contributed by atoms with Gasteiger partial charge in [-0.25, -0.2) is 5.43 Å². The van der Waals surface area contributed by atoms with Crippen LogP contribution in [-0.2, 0) is 0 Å². The Balaban J connectivity index is 2.39. The molecule has 2 heterocycles. The SMILES string of the molecule is Cc1cc(C(NN)c2cncc(OC(C)C)c2)c(C)nn1. The molecule has 1 atom stereocenters. The van der Waals surface area contributed by atoms with E-state index in [0.29, 0.717) is 0 Å². The maximum Gasteiger partial charge on any atom is 0.138 e. The summed E-state index contributed by atoms with van der Waals surface area (Å²) < 4.78 is 5.68. The smallest absolute Gasteiger partial charge is 0.138 e. The minimum absolute atomic E-state index is 0.0953. The predicted molar refractivity (Wildman–Crippen MR) is 80.7 cm³/mol. The Morgan fingerprint density at radius 3 is 2.57 bits per heavy atom. The van der Waals surface area contributed by atoms with Gasteiger partial charge in [-0.05, 0) is 51.0 Å². The van der Waals surface area contributed by atoms with Crippen LogP contribution in [0.15, 0.2) is 24.5 Å². The van der Waals surface area contributed by atoms with E-state index in [1.807, 2.05) is 39.8 Å². The Kier molecular flexibility index (Phi) is 4.82. The summed E-state index contributed by atoms with van der Waals surface area (Å²) in [5.41, 5.74) is 6.40. The monoisotopic (exact) mass is 287 g/mol. The van der Waals surface area contributed by atoms with Crippen molar-refractivity contribution in [2.24, 2.45) is 5.84 Å². The summed E-state index contributed by atoms with van der Waals surface area (Å²) in [6, 6.07) is 3.71. The summed E-state index contributed by atoms with van der Waals surface area (Å²) in [4.78, 5) is 4.23. The van der Waals surface area contributed by atoms with E-state index in [4.69, 9.17) is 10.6 Å². The fraction of sp³-hybridized carbons (Fsp3) is 0.400. The maximum absolute atomic E-state index is 5.74. The number of nitrogens with zero attached hydrogens (tertiary/aromatic N) is 3. The Bertz CT molecular complexity index is 615. The second kappa shape index (κ2) is 6.60. The molecule has 21 heavy (non-hydrogen) atoms. The largest absolute Gasteiger partial charge is 0.489 e. The highest BCUT2D eigenvalue weighted by atomic mass is 16.5. The Morgan fingerprint density at radius 1 is 1.14 bits per heavy atom. The molecule has 0 amide bonds. The van der Waals surface area contributed by atoms with Crippen molar-refractivity contribution in [3.8, 4) is 5.75 Å². The number of nitrogens with two attached hydrogens (primary N) is 1. The molecule has 0 spiro atoms. The second-order valence-corrected chi connectivity index (χ2v) is 5.25. The van der Waals surface area contributed by atoms with Gasteiger partial charge in [-0.15, -0.1) is 0 Å². The lowest BCUT2D eigenvalue weighted by Crippen LogP contribution is -2.30. The number of ether oxygens (including phenoxy) is 1. The number of pyridine rings is 1. The first-order valence-corrected chi connectivity index (χ1v) is 6.89. The lowest BCUT2D eigenvalue weighted by Gasteiger charge is -2.19. The van der Waals surface area contributed by atoms with E-state index in [1.54, 1.807) is 12.4 Å². The van der Waals surface area contributed by atoms with Gasteiger partial charge in [0.25, 0.3) is 0 Å². The number of hydrazine groups is 1. The molecule has 112 valence electrons. The zero-order valence-corrected chi connectivity index (χ0v) is 12.8. The van der Waals surface area contributed by atoms with Crippen LogP contribution in [0.1, 0.15) is 42.4 Å². The average Bonchev–Trinajstić information content (AvgIpc) is 2.43. The number of rotatable bonds is 5. The molecule has 0 bridgehead atoms. The number of aryl methyl sites for hydroxylation is 2. The van der Waals surface area contributed by atoms with Crippen molar-refractivity contribution in [1.29, 1.82) is 0 Å². The van der Waals surface area contributed by atoms with Crippen molar-refractivity contribution in [3.05, 3.63) is 47.0 Å². The number of nitrogens with one attached hydrogen (secondary N) is 1. The van der Waals surface area contributed by atoms with Crippen LogP contribution in [0, 0.1) is 13.8 Å². The third-order valence-corrected chi connectivity index (χ3v) is 3.06. The topological polar surface area (TPSA) is 86.0 Å². The van der Waals surface area contributed by atoms with E-state index in [0.717, 1.165) is 28.3 Å². The van der Waals surface area contributed by atoms with Gasteiger partial charge in [0.1, 0.15) is 5.75 Å². The van der Waals surface area contributed by atoms with E-state index < -0.39 is 0 Å². The summed E-state index contributed by atoms with van der Waals surface area (Å²) in [7, 11) is 0. The number of hydrogen-bond donors (Lipinski definition) is 2. The van der Waals surface area contributed by atoms with Gasteiger partial charge in [0.2, 0.25) is 0 Å². The molecule has 2 aromatic heterocycles. The molecule has 0 radical (unpaired) electrons. The Labute approximate surface area is 124 Å². The minimum Gasteiger partial charge on any atom is -0.489 e. The molecule has 0 saturated carbocycles. The first kappa shape index (κ1) is 15.3. The van der Waals surface area contributed by atoms with Crippen LogP contribution in [0.3, 0.4) is 0 Å². The van der Waals surface area contributed by atoms with Crippen LogP contribution in [-0.4, -0.2) is 21.3 Å². The van der Waals surface area contributed by atoms with Crippen molar-refractivity contribution < 1.29 is 4.74 Å². The fourth-order valence-corrected chi connectivity index (χ4v) is 2.16. The third kappa shape index (κ3) is 3.74. The maximum atomic E-state index is 5.74. The molecule has 1 unspecified atom stereocenters. The molecule has 0 aliphatic heterocycles. The van der Waals surface area contributed by atoms with Gasteiger partial charge in [-0.2, -0.15) is 10.2 Å². The van der Waals surface area contributed by atoms with Crippen LogP contribution in [0.2, 0.25) is 0 Å². The van der Waals surface area contributed by atoms with Crippen LogP contribution < -0.4 is 16.0 Å². The molecule has 0 aromatic carbocycles. The zero-order chi connectivity index (χ0) is 15.4. The van der Waals surface area contributed by atoms with E-state index in [1.165, 1.54) is 0 Å². The zero-order valence-electron chi connectivity index (χ0n) is 12.8. The first-order valence-electron chi connectivity index (χ1n) is 6.89. The lowest BCUT2D eigenvalue weighted by atomic mass is 9.99. The van der Waals surface area contributed by atoms with Gasteiger partial charge in [0.15, 0.2) is 0 Å². The highest BCUT2D eigenvalue weighted by Crippen LogP contribution is 2.25. The number of aromatic nitrogens is 3. The Hall–Kier alpha value is -2.05. The summed E-state index contributed by atoms with van der Waals surface area (Å²) in [6.45, 7) is 7.77. The molecule has 2 aromatic rings. The van der Waals surface area contributed by atoms with Crippen molar-refractivity contribution in [1.82, 2.24) is 20.6 Å². The fourth-order valence-electron chi connectivity index (χ4n) is 2.16. The van der Waals surface area contributed by atoms with Gasteiger partial charge in [0.05, 0.1) is 29.7 Å². The summed E-state index contributed by atoms with van der Waals surface area (Å²) in [5, 5.41) is 8.19. The van der Waals surface area contributed by atoms with Crippen molar-refractivity contribution in [3.63, 3.8) is 0 Å². The average molecular weight is 287 g/mol. The van der Waals surface area contributed by atoms with E-state index in [9.17, 15) is 0 Å². The summed E-state index contributed by atoms with van der Waals surface area (Å²) in [6.07, 6.45) is 3.56. The van der Waals surface area contributed by atoms with Gasteiger partial charge >= 0.3 is 0 Å². The molecular formula is C15H21N5O. The summed E-state index contributed by atoms with van der Waals surface area (Å²) in [5.74, 6) is 6.46. The van der Waals surface area contributed by atoms with Crippen LogP contribution in [0.4, 0.5) is 0 Å². The molecule has 0 aliphatic rings. The van der Waals surface area contributed by atoms with Gasteiger partial charge in [-0.3, -0.25) is 10.8 Å². The molecule has 2 rings (SSSR count). The summed E-state index contributed by atoms with van der Waals surface area (Å²) >= 11 is 0. The minimum atomic E-state index is -0.206. The second-order valence-electron chi connectivity index (χ2n) is 5.25. The van der Waals surface area contributed by atoms with E-state index in [2.05, 4.69) is 20.6 Å². The van der Waals surface area contributed by atoms with Crippen molar-refractivity contribution in [2.45, 2.75) is 39.8 Å². The molecule has 6 heteroatoms. The normalized spacial score (nSPS) is 12.5. The van der Waals surface area contributed by atoms with E-state index in [-0.39, 0.29) is 12.1 Å². The van der Waals surface area contributed by atoms with Gasteiger partial charge < -0.3 is 4.74 Å². The van der Waals surface area contributed by atoms with Crippen LogP contribution in [0.5, 0.6) is 5.75 Å².